The molecule has 0 unspecified atom stereocenters. The van der Waals surface area contributed by atoms with Crippen LogP contribution in [0.15, 0.2) is 46.9 Å². The van der Waals surface area contributed by atoms with E-state index >= 15 is 0 Å². The molecule has 4 rings (SSSR count). The van der Waals surface area contributed by atoms with E-state index < -0.39 is 0 Å². The van der Waals surface area contributed by atoms with Crippen molar-refractivity contribution in [3.63, 3.8) is 0 Å². The van der Waals surface area contributed by atoms with Crippen LogP contribution in [0.2, 0.25) is 0 Å². The number of benzene rings is 1. The van der Waals surface area contributed by atoms with Crippen LogP contribution in [0, 0.1) is 0 Å². The maximum atomic E-state index is 4.50. The number of fused-ring (bicyclic) bond motifs is 3. The number of nitrogens with zero attached hydrogens (tertiary/aromatic N) is 5. The summed E-state index contributed by atoms with van der Waals surface area (Å²) in [6.07, 6.45) is 1.74. The summed E-state index contributed by atoms with van der Waals surface area (Å²) in [5.41, 5.74) is 5.49. The van der Waals surface area contributed by atoms with Gasteiger partial charge in [-0.2, -0.15) is 10.1 Å². The van der Waals surface area contributed by atoms with Crippen LogP contribution in [0.4, 0.5) is 5.95 Å². The monoisotopic (exact) mass is 308 g/mol. The molecule has 3 aromatic heterocycles. The first kappa shape index (κ1) is 12.9. The van der Waals surface area contributed by atoms with E-state index in [0.29, 0.717) is 5.95 Å². The van der Waals surface area contributed by atoms with Crippen LogP contribution < -0.4 is 5.43 Å². The predicted molar refractivity (Wildman–Crippen MR) is 89.3 cm³/mol. The molecular weight excluding hydrogens is 296 g/mol. The van der Waals surface area contributed by atoms with E-state index in [-0.39, 0.29) is 0 Å². The Bertz CT molecular complexity index is 970. The summed E-state index contributed by atoms with van der Waals surface area (Å²) in [6, 6.07) is 12.0. The molecule has 4 aromatic rings. The molecule has 0 aliphatic carbocycles. The lowest BCUT2D eigenvalue weighted by Crippen LogP contribution is -2.00. The van der Waals surface area contributed by atoms with Crippen LogP contribution in [-0.2, 0) is 7.05 Å². The van der Waals surface area contributed by atoms with Crippen molar-refractivity contribution in [1.82, 2.24) is 19.7 Å². The molecule has 0 aliphatic heterocycles. The Balaban J connectivity index is 1.71. The maximum absolute atomic E-state index is 4.50. The zero-order chi connectivity index (χ0) is 14.9. The summed E-state index contributed by atoms with van der Waals surface area (Å²) in [6.45, 7) is 0. The molecule has 3 heterocycles. The highest BCUT2D eigenvalue weighted by Crippen LogP contribution is 2.24. The second kappa shape index (κ2) is 5.19. The fourth-order valence-corrected chi connectivity index (χ4v) is 2.96. The van der Waals surface area contributed by atoms with Crippen LogP contribution in [0.25, 0.3) is 22.1 Å². The smallest absolute Gasteiger partial charge is 0.265 e. The lowest BCUT2D eigenvalue weighted by Gasteiger charge is -1.99. The molecule has 0 amide bonds. The number of aromatic nitrogens is 4. The van der Waals surface area contributed by atoms with E-state index in [9.17, 15) is 0 Å². The molecule has 0 bridgehead atoms. The molecule has 22 heavy (non-hydrogen) atoms. The number of hydrogen-bond donors (Lipinski definition) is 1. The van der Waals surface area contributed by atoms with Crippen molar-refractivity contribution >= 4 is 45.6 Å². The van der Waals surface area contributed by atoms with Crippen molar-refractivity contribution in [2.75, 3.05) is 5.43 Å². The van der Waals surface area contributed by atoms with Gasteiger partial charge in [-0.15, -0.1) is 21.5 Å². The van der Waals surface area contributed by atoms with Crippen LogP contribution in [0.5, 0.6) is 0 Å². The molecule has 7 heteroatoms. The Morgan fingerprint density at radius 1 is 1.18 bits per heavy atom. The Hall–Kier alpha value is -2.80. The van der Waals surface area contributed by atoms with E-state index in [1.165, 1.54) is 0 Å². The van der Waals surface area contributed by atoms with Gasteiger partial charge < -0.3 is 4.57 Å². The Labute approximate surface area is 130 Å². The van der Waals surface area contributed by atoms with Gasteiger partial charge in [0.1, 0.15) is 5.52 Å². The van der Waals surface area contributed by atoms with E-state index in [1.54, 1.807) is 17.6 Å². The first-order valence-corrected chi connectivity index (χ1v) is 7.61. The summed E-state index contributed by atoms with van der Waals surface area (Å²) in [5.74, 6) is 0.381. The third-order valence-electron chi connectivity index (χ3n) is 3.41. The summed E-state index contributed by atoms with van der Waals surface area (Å²) in [5, 5.41) is 15.6. The summed E-state index contributed by atoms with van der Waals surface area (Å²) < 4.78 is 2.01. The lowest BCUT2D eigenvalue weighted by atomic mass is 10.2. The second-order valence-corrected chi connectivity index (χ2v) is 5.75. The molecule has 0 radical (unpaired) electrons. The first-order chi connectivity index (χ1) is 10.8. The summed E-state index contributed by atoms with van der Waals surface area (Å²) in [7, 11) is 1.97. The van der Waals surface area contributed by atoms with Crippen molar-refractivity contribution < 1.29 is 0 Å². The molecular formula is C15H12N6S. The number of anilines is 1. The van der Waals surface area contributed by atoms with E-state index in [2.05, 4.69) is 25.7 Å². The molecule has 0 saturated carbocycles. The quantitative estimate of drug-likeness (QED) is 0.466. The number of para-hydroxylation sites is 1. The van der Waals surface area contributed by atoms with Gasteiger partial charge in [-0.05, 0) is 17.5 Å². The zero-order valence-corrected chi connectivity index (χ0v) is 12.6. The number of thiophene rings is 1. The first-order valence-electron chi connectivity index (χ1n) is 6.73. The predicted octanol–water partition coefficient (Wildman–Crippen LogP) is 3.02. The number of hydrazone groups is 1. The summed E-state index contributed by atoms with van der Waals surface area (Å²) in [4.78, 5) is 5.56. The number of aryl methyl sites for hydroxylation is 1. The minimum atomic E-state index is 0.381. The molecule has 0 fully saturated rings. The number of nitrogens with one attached hydrogen (secondary N) is 1. The molecule has 108 valence electrons. The van der Waals surface area contributed by atoms with Crippen molar-refractivity contribution in [1.29, 1.82) is 0 Å². The fraction of sp³-hybridized carbons (Fsp3) is 0.0667. The average molecular weight is 308 g/mol. The van der Waals surface area contributed by atoms with Crippen LogP contribution >= 0.6 is 11.3 Å². The van der Waals surface area contributed by atoms with Gasteiger partial charge in [0.2, 0.25) is 0 Å². The largest absolute Gasteiger partial charge is 0.327 e. The lowest BCUT2D eigenvalue weighted by molar-refractivity contribution is 0.949. The average Bonchev–Trinajstić information content (AvgIpc) is 3.16. The minimum absolute atomic E-state index is 0.381. The SMILES string of the molecule is Cn1c2ccccc2c2nnc(N/N=C\c3cccs3)nc21. The standard InChI is InChI=1S/C15H12N6S/c1-21-12-7-3-2-6-11(12)13-14(21)17-15(20-18-13)19-16-9-10-5-4-8-22-10/h2-9H,1H3,(H,17,19,20)/b16-9-. The second-order valence-electron chi connectivity index (χ2n) is 4.77. The highest BCUT2D eigenvalue weighted by Gasteiger charge is 2.11. The minimum Gasteiger partial charge on any atom is -0.327 e. The maximum Gasteiger partial charge on any atom is 0.265 e. The van der Waals surface area contributed by atoms with Crippen molar-refractivity contribution in [3.05, 3.63) is 46.7 Å². The molecule has 1 N–H and O–H groups in total. The van der Waals surface area contributed by atoms with Crippen LogP contribution in [0.3, 0.4) is 0 Å². The van der Waals surface area contributed by atoms with Gasteiger partial charge in [0.25, 0.3) is 5.95 Å². The highest BCUT2D eigenvalue weighted by atomic mass is 32.1. The summed E-state index contributed by atoms with van der Waals surface area (Å²) >= 11 is 1.62. The van der Waals surface area contributed by atoms with Crippen LogP contribution in [0.1, 0.15) is 4.88 Å². The van der Waals surface area contributed by atoms with Gasteiger partial charge >= 0.3 is 0 Å². The van der Waals surface area contributed by atoms with Crippen molar-refractivity contribution in [3.8, 4) is 0 Å². The number of rotatable bonds is 3. The Kier molecular flexibility index (Phi) is 3.05. The van der Waals surface area contributed by atoms with Gasteiger partial charge in [0.05, 0.1) is 11.7 Å². The van der Waals surface area contributed by atoms with Crippen molar-refractivity contribution in [2.24, 2.45) is 12.1 Å². The third kappa shape index (κ3) is 2.11. The van der Waals surface area contributed by atoms with Gasteiger partial charge in [0.15, 0.2) is 5.65 Å². The molecule has 1 aromatic carbocycles. The molecule has 0 atom stereocenters. The van der Waals surface area contributed by atoms with E-state index in [0.717, 1.165) is 26.9 Å². The number of hydrogen-bond acceptors (Lipinski definition) is 6. The Morgan fingerprint density at radius 2 is 2.09 bits per heavy atom. The molecule has 0 saturated heterocycles. The van der Waals surface area contributed by atoms with Gasteiger partial charge in [-0.1, -0.05) is 24.3 Å². The third-order valence-corrected chi connectivity index (χ3v) is 4.21. The van der Waals surface area contributed by atoms with E-state index in [4.69, 9.17) is 0 Å². The van der Waals surface area contributed by atoms with Gasteiger partial charge in [-0.25, -0.2) is 5.43 Å². The van der Waals surface area contributed by atoms with E-state index in [1.807, 2.05) is 53.4 Å². The van der Waals surface area contributed by atoms with Gasteiger partial charge in [-0.3, -0.25) is 0 Å². The highest BCUT2D eigenvalue weighted by molar-refractivity contribution is 7.11. The fourth-order valence-electron chi connectivity index (χ4n) is 2.37. The van der Waals surface area contributed by atoms with Gasteiger partial charge in [0, 0.05) is 17.3 Å². The molecule has 0 aliphatic rings. The zero-order valence-electron chi connectivity index (χ0n) is 11.8. The topological polar surface area (TPSA) is 68.0 Å². The van der Waals surface area contributed by atoms with Crippen LogP contribution in [-0.4, -0.2) is 26.0 Å². The molecule has 0 spiro atoms. The van der Waals surface area contributed by atoms with Crippen molar-refractivity contribution in [2.45, 2.75) is 0 Å². The Morgan fingerprint density at radius 3 is 2.95 bits per heavy atom. The normalized spacial score (nSPS) is 11.7. The molecule has 6 nitrogen and oxygen atoms in total.